The number of β-lactam (4-membered cyclic amide) rings is 1. The fourth-order valence-corrected chi connectivity index (χ4v) is 8.17. The molecule has 1 amide bonds. The van der Waals surface area contributed by atoms with Crippen LogP contribution in [-0.2, 0) is 16.0 Å². The number of aromatic nitrogens is 1. The Morgan fingerprint density at radius 2 is 2.00 bits per heavy atom. The van der Waals surface area contributed by atoms with E-state index in [0.29, 0.717) is 5.57 Å². The molecule has 0 radical (unpaired) electrons. The Balaban J connectivity index is 1.62. The van der Waals surface area contributed by atoms with Crippen LogP contribution in [0.4, 0.5) is 5.69 Å². The van der Waals surface area contributed by atoms with Crippen LogP contribution in [0.15, 0.2) is 65.0 Å². The van der Waals surface area contributed by atoms with Gasteiger partial charge in [-0.2, -0.15) is 0 Å². The van der Waals surface area contributed by atoms with Gasteiger partial charge in [0.2, 0.25) is 5.91 Å². The summed E-state index contributed by atoms with van der Waals surface area (Å²) in [6, 6.07) is 13.8. The molecule has 0 spiro atoms. The molecule has 2 heterocycles. The Morgan fingerprint density at radius 3 is 2.61 bits per heavy atom. The van der Waals surface area contributed by atoms with Crippen LogP contribution in [0, 0.1) is 15.5 Å². The lowest BCUT2D eigenvalue weighted by atomic mass is 9.68. The number of amides is 1. The summed E-state index contributed by atoms with van der Waals surface area (Å²) >= 11 is 1.53. The third-order valence-corrected chi connectivity index (χ3v) is 9.66. The quantitative estimate of drug-likeness (QED) is 0.143. The molecule has 11 heteroatoms. The molecular weight excluding hydrogens is 482 g/mol. The van der Waals surface area contributed by atoms with Crippen LogP contribution in [-0.4, -0.2) is 43.7 Å². The number of carboxylic acid groups (broad SMARTS) is 1. The molecule has 8 nitrogen and oxygen atoms in total. The Bertz CT molecular complexity index is 1230. The van der Waals surface area contributed by atoms with Gasteiger partial charge >= 0.3 is 5.97 Å². The average molecular weight is 502 g/mol. The number of hydrogen-bond donors (Lipinski definition) is 1. The van der Waals surface area contributed by atoms with Gasteiger partial charge in [-0.3, -0.25) is 19.7 Å². The molecule has 33 heavy (non-hydrogen) atoms. The highest BCUT2D eigenvalue weighted by Gasteiger charge is 2.62. The SMILES string of the molecule is C=C(C)C1(Cc2ccc([N+](=O)[O-])cc2)C(=O)N(CC(=O)O)C1SSc1nc2ccccc2s1. The van der Waals surface area contributed by atoms with Crippen LogP contribution in [0.2, 0.25) is 0 Å². The summed E-state index contributed by atoms with van der Waals surface area (Å²) in [5.41, 5.74) is 1.19. The first-order valence-corrected chi connectivity index (χ1v) is 12.9. The summed E-state index contributed by atoms with van der Waals surface area (Å²) in [7, 11) is 2.79. The molecule has 2 aromatic carbocycles. The summed E-state index contributed by atoms with van der Waals surface area (Å²) < 4.78 is 1.85. The second kappa shape index (κ2) is 9.16. The van der Waals surface area contributed by atoms with Gasteiger partial charge in [0.15, 0.2) is 4.34 Å². The molecule has 1 fully saturated rings. The van der Waals surface area contributed by atoms with Crippen molar-refractivity contribution in [2.45, 2.75) is 23.1 Å². The predicted octanol–water partition coefficient (Wildman–Crippen LogP) is 5.00. The molecule has 4 rings (SSSR count). The number of rotatable bonds is 9. The van der Waals surface area contributed by atoms with Gasteiger partial charge in [-0.15, -0.1) is 11.3 Å². The Hall–Kier alpha value is -2.89. The number of carbonyl (C=O) groups is 2. The number of benzene rings is 2. The van der Waals surface area contributed by atoms with E-state index in [2.05, 4.69) is 11.6 Å². The predicted molar refractivity (Wildman–Crippen MR) is 130 cm³/mol. The number of nitro benzene ring substituents is 1. The molecular formula is C22H19N3O5S3. The number of carboxylic acids is 1. The molecule has 170 valence electrons. The van der Waals surface area contributed by atoms with Crippen LogP contribution >= 0.6 is 32.9 Å². The van der Waals surface area contributed by atoms with Crippen LogP contribution in [0.1, 0.15) is 12.5 Å². The van der Waals surface area contributed by atoms with E-state index in [-0.39, 0.29) is 18.0 Å². The number of aliphatic carboxylic acids is 1. The largest absolute Gasteiger partial charge is 0.480 e. The maximum atomic E-state index is 13.3. The molecule has 3 aromatic rings. The maximum absolute atomic E-state index is 13.3. The van der Waals surface area contributed by atoms with Gasteiger partial charge in [0.25, 0.3) is 5.69 Å². The summed E-state index contributed by atoms with van der Waals surface area (Å²) in [4.78, 5) is 41.1. The number of fused-ring (bicyclic) bond motifs is 1. The minimum absolute atomic E-state index is 0.0344. The molecule has 1 aliphatic rings. The van der Waals surface area contributed by atoms with Crippen molar-refractivity contribution >= 4 is 60.7 Å². The van der Waals surface area contributed by atoms with Gasteiger partial charge in [0.05, 0.1) is 15.1 Å². The lowest BCUT2D eigenvalue weighted by Gasteiger charge is -2.55. The number of nitrogens with zero attached hydrogens (tertiary/aromatic N) is 3. The topological polar surface area (TPSA) is 114 Å². The van der Waals surface area contributed by atoms with E-state index in [1.165, 1.54) is 50.0 Å². The molecule has 1 N–H and O–H groups in total. The van der Waals surface area contributed by atoms with Crippen molar-refractivity contribution in [3.8, 4) is 0 Å². The Labute approximate surface area is 201 Å². The maximum Gasteiger partial charge on any atom is 0.323 e. The number of thiazole rings is 1. The third kappa shape index (κ3) is 4.35. The van der Waals surface area contributed by atoms with E-state index in [1.807, 2.05) is 24.3 Å². The molecule has 0 bridgehead atoms. The van der Waals surface area contributed by atoms with E-state index < -0.39 is 28.2 Å². The van der Waals surface area contributed by atoms with Crippen LogP contribution in [0.25, 0.3) is 10.2 Å². The van der Waals surface area contributed by atoms with Crippen molar-refractivity contribution < 1.29 is 19.6 Å². The van der Waals surface area contributed by atoms with Gasteiger partial charge in [0, 0.05) is 12.1 Å². The van der Waals surface area contributed by atoms with E-state index in [9.17, 15) is 24.8 Å². The van der Waals surface area contributed by atoms with E-state index in [4.69, 9.17) is 0 Å². The number of hydrogen-bond acceptors (Lipinski definition) is 8. The number of para-hydroxylation sites is 1. The normalized spacial score (nSPS) is 20.0. The minimum atomic E-state index is -1.09. The highest BCUT2D eigenvalue weighted by Crippen LogP contribution is 2.56. The fraction of sp³-hybridized carbons (Fsp3) is 0.227. The fourth-order valence-electron chi connectivity index (χ4n) is 3.84. The zero-order chi connectivity index (χ0) is 23.8. The van der Waals surface area contributed by atoms with Gasteiger partial charge in [-0.25, -0.2) is 4.98 Å². The van der Waals surface area contributed by atoms with Crippen molar-refractivity contribution in [1.29, 1.82) is 0 Å². The second-order valence-electron chi connectivity index (χ2n) is 7.66. The number of likely N-dealkylation sites (tertiary alicyclic amines) is 1. The van der Waals surface area contributed by atoms with E-state index in [1.54, 1.807) is 19.1 Å². The average Bonchev–Trinajstić information content (AvgIpc) is 3.20. The van der Waals surface area contributed by atoms with Gasteiger partial charge in [-0.05, 0) is 41.8 Å². The molecule has 1 aromatic heterocycles. The summed E-state index contributed by atoms with van der Waals surface area (Å²) in [6.45, 7) is 5.41. The highest BCUT2D eigenvalue weighted by atomic mass is 33.1. The van der Waals surface area contributed by atoms with Crippen molar-refractivity contribution in [3.05, 3.63) is 76.4 Å². The molecule has 0 aliphatic carbocycles. The smallest absolute Gasteiger partial charge is 0.323 e. The monoisotopic (exact) mass is 501 g/mol. The zero-order valence-electron chi connectivity index (χ0n) is 17.5. The molecule has 1 aliphatic heterocycles. The highest BCUT2D eigenvalue weighted by molar-refractivity contribution is 8.77. The first kappa shape index (κ1) is 23.3. The van der Waals surface area contributed by atoms with Crippen molar-refractivity contribution in [3.63, 3.8) is 0 Å². The van der Waals surface area contributed by atoms with E-state index >= 15 is 0 Å². The van der Waals surface area contributed by atoms with Crippen LogP contribution < -0.4 is 0 Å². The van der Waals surface area contributed by atoms with E-state index in [0.717, 1.165) is 20.1 Å². The summed E-state index contributed by atoms with van der Waals surface area (Å²) in [5, 5.41) is 19.8. The summed E-state index contributed by atoms with van der Waals surface area (Å²) in [6.07, 6.45) is 0.271. The number of non-ortho nitro benzene ring substituents is 1. The molecule has 1 saturated heterocycles. The first-order chi connectivity index (χ1) is 15.7. The first-order valence-electron chi connectivity index (χ1n) is 9.83. The Morgan fingerprint density at radius 1 is 1.30 bits per heavy atom. The standard InChI is InChI=1S/C22H19N3O5S3/c1-13(2)22(11-14-7-9-15(10-8-14)25(29)30)19(28)24(12-18(26)27)20(22)32-33-21-23-16-5-3-4-6-17(16)31-21/h3-10,20H,1,11-12H2,2H3,(H,26,27). The van der Waals surface area contributed by atoms with Crippen LogP contribution in [0.5, 0.6) is 0 Å². The zero-order valence-corrected chi connectivity index (χ0v) is 19.9. The lowest BCUT2D eigenvalue weighted by Crippen LogP contribution is -2.69. The summed E-state index contributed by atoms with van der Waals surface area (Å²) in [5.74, 6) is -1.40. The molecule has 2 unspecified atom stereocenters. The van der Waals surface area contributed by atoms with Crippen molar-refractivity contribution in [1.82, 2.24) is 9.88 Å². The minimum Gasteiger partial charge on any atom is -0.480 e. The van der Waals surface area contributed by atoms with Gasteiger partial charge in [-0.1, -0.05) is 47.2 Å². The second-order valence-corrected chi connectivity index (χ2v) is 11.2. The van der Waals surface area contributed by atoms with Gasteiger partial charge in [0.1, 0.15) is 17.3 Å². The lowest BCUT2D eigenvalue weighted by molar-refractivity contribution is -0.384. The van der Waals surface area contributed by atoms with Crippen molar-refractivity contribution in [2.24, 2.45) is 5.41 Å². The van der Waals surface area contributed by atoms with Gasteiger partial charge < -0.3 is 10.0 Å². The Kier molecular flexibility index (Phi) is 6.46. The molecule has 0 saturated carbocycles. The molecule has 2 atom stereocenters. The number of carbonyl (C=O) groups excluding carboxylic acids is 1. The van der Waals surface area contributed by atoms with Crippen LogP contribution in [0.3, 0.4) is 0 Å². The number of nitro groups is 1. The van der Waals surface area contributed by atoms with Crippen molar-refractivity contribution in [2.75, 3.05) is 6.54 Å². The third-order valence-electron chi connectivity index (χ3n) is 5.53.